The Labute approximate surface area is 119 Å². The lowest BCUT2D eigenvalue weighted by Crippen LogP contribution is -2.44. The summed E-state index contributed by atoms with van der Waals surface area (Å²) in [5.74, 6) is -0.418. The van der Waals surface area contributed by atoms with E-state index in [1.807, 2.05) is 6.92 Å². The minimum Gasteiger partial charge on any atom is -0.297 e. The molecule has 3 nitrogen and oxygen atoms in total. The average Bonchev–Trinajstić information content (AvgIpc) is 2.55. The van der Waals surface area contributed by atoms with Crippen molar-refractivity contribution in [2.45, 2.75) is 25.1 Å². The van der Waals surface area contributed by atoms with Gasteiger partial charge in [0.2, 0.25) is 9.05 Å². The van der Waals surface area contributed by atoms with Crippen LogP contribution in [0.4, 0.5) is 0 Å². The van der Waals surface area contributed by atoms with Gasteiger partial charge in [-0.05, 0) is 24.2 Å². The van der Waals surface area contributed by atoms with Gasteiger partial charge in [-0.15, -0.1) is 11.6 Å². The molecule has 0 aromatic rings. The van der Waals surface area contributed by atoms with Crippen LogP contribution in [0.3, 0.4) is 0 Å². The SMILES string of the molecule is CC1(CBr)C2CCC1(CS(=O)(=O)Cl)C(=O)C2Cl. The zero-order valence-corrected chi connectivity index (χ0v) is 13.2. The minimum atomic E-state index is -3.72. The summed E-state index contributed by atoms with van der Waals surface area (Å²) in [5, 5.41) is -0.0174. The Kier molecular flexibility index (Phi) is 3.39. The van der Waals surface area contributed by atoms with Crippen molar-refractivity contribution in [3.05, 3.63) is 0 Å². The standard InChI is InChI=1S/C10H13BrCl2O3S/c1-9(4-11)6-2-3-10(9,5-17(13,15)16)8(14)7(6)12/h6-7H,2-5H2,1H3. The first kappa shape index (κ1) is 14.1. The molecule has 98 valence electrons. The second-order valence-electron chi connectivity index (χ2n) is 5.23. The van der Waals surface area contributed by atoms with Crippen LogP contribution < -0.4 is 0 Å². The normalized spacial score (nSPS) is 45.5. The predicted octanol–water partition coefficient (Wildman–Crippen LogP) is 2.54. The quantitative estimate of drug-likeness (QED) is 0.571. The number of Topliss-reactive ketones (excluding diaryl/α,β-unsaturated/α-hetero) is 1. The van der Waals surface area contributed by atoms with Crippen LogP contribution in [0.25, 0.3) is 0 Å². The summed E-state index contributed by atoms with van der Waals surface area (Å²) in [6.07, 6.45) is 1.35. The van der Waals surface area contributed by atoms with Gasteiger partial charge in [0.15, 0.2) is 5.78 Å². The van der Waals surface area contributed by atoms with Crippen molar-refractivity contribution in [1.29, 1.82) is 0 Å². The van der Waals surface area contributed by atoms with Crippen LogP contribution >= 0.6 is 38.2 Å². The van der Waals surface area contributed by atoms with Gasteiger partial charge in [0, 0.05) is 16.0 Å². The van der Waals surface area contributed by atoms with E-state index in [2.05, 4.69) is 15.9 Å². The fraction of sp³-hybridized carbons (Fsp3) is 0.900. The van der Waals surface area contributed by atoms with Crippen LogP contribution in [-0.2, 0) is 13.8 Å². The molecular formula is C10H13BrCl2O3S. The Bertz CT molecular complexity index is 466. The number of alkyl halides is 2. The molecule has 2 bridgehead atoms. The highest BCUT2D eigenvalue weighted by atomic mass is 79.9. The van der Waals surface area contributed by atoms with Gasteiger partial charge in [-0.3, -0.25) is 4.79 Å². The lowest BCUT2D eigenvalue weighted by Gasteiger charge is -2.36. The largest absolute Gasteiger partial charge is 0.297 e. The molecule has 0 radical (unpaired) electrons. The van der Waals surface area contributed by atoms with E-state index < -0.39 is 25.3 Å². The second kappa shape index (κ2) is 4.09. The van der Waals surface area contributed by atoms with Gasteiger partial charge in [-0.25, -0.2) is 8.42 Å². The Morgan fingerprint density at radius 2 is 2.12 bits per heavy atom. The van der Waals surface area contributed by atoms with Gasteiger partial charge in [-0.1, -0.05) is 22.9 Å². The molecule has 0 aliphatic heterocycles. The van der Waals surface area contributed by atoms with Gasteiger partial charge < -0.3 is 0 Å². The van der Waals surface area contributed by atoms with Crippen molar-refractivity contribution in [2.24, 2.45) is 16.7 Å². The summed E-state index contributed by atoms with van der Waals surface area (Å²) >= 11 is 9.53. The molecule has 4 atom stereocenters. The van der Waals surface area contributed by atoms with Gasteiger partial charge in [0.1, 0.15) is 0 Å². The highest BCUT2D eigenvalue weighted by molar-refractivity contribution is 9.09. The lowest BCUT2D eigenvalue weighted by molar-refractivity contribution is -0.127. The topological polar surface area (TPSA) is 51.2 Å². The van der Waals surface area contributed by atoms with Crippen molar-refractivity contribution in [3.8, 4) is 0 Å². The molecule has 4 unspecified atom stereocenters. The maximum absolute atomic E-state index is 12.3. The molecular weight excluding hydrogens is 351 g/mol. The fourth-order valence-corrected chi connectivity index (χ4v) is 6.84. The summed E-state index contributed by atoms with van der Waals surface area (Å²) in [6.45, 7) is 1.93. The minimum absolute atomic E-state index is 0.0365. The molecule has 0 aromatic heterocycles. The van der Waals surface area contributed by atoms with Crippen LogP contribution in [0.5, 0.6) is 0 Å². The van der Waals surface area contributed by atoms with Crippen LogP contribution in [0.2, 0.25) is 0 Å². The highest BCUT2D eigenvalue weighted by Crippen LogP contribution is 2.66. The van der Waals surface area contributed by atoms with Crippen molar-refractivity contribution in [2.75, 3.05) is 11.1 Å². The van der Waals surface area contributed by atoms with E-state index in [1.54, 1.807) is 0 Å². The third-order valence-corrected chi connectivity index (χ3v) is 7.40. The zero-order chi connectivity index (χ0) is 13.1. The van der Waals surface area contributed by atoms with E-state index in [0.717, 1.165) is 6.42 Å². The summed E-state index contributed by atoms with van der Waals surface area (Å²) in [4.78, 5) is 12.3. The van der Waals surface area contributed by atoms with E-state index in [4.69, 9.17) is 22.3 Å². The number of halogens is 3. The number of hydrogen-bond donors (Lipinski definition) is 0. The Hall–Kier alpha value is 0.680. The molecule has 0 aromatic carbocycles. The summed E-state index contributed by atoms with van der Waals surface area (Å²) in [5.41, 5.74) is -1.33. The molecule has 0 amide bonds. The molecule has 0 N–H and O–H groups in total. The number of carbonyl (C=O) groups is 1. The third-order valence-electron chi connectivity index (χ3n) is 4.57. The number of hydrogen-bond acceptors (Lipinski definition) is 3. The van der Waals surface area contributed by atoms with Crippen LogP contribution in [0.15, 0.2) is 0 Å². The van der Waals surface area contributed by atoms with Crippen LogP contribution in [0, 0.1) is 16.7 Å². The third kappa shape index (κ3) is 1.80. The Morgan fingerprint density at radius 3 is 2.59 bits per heavy atom. The lowest BCUT2D eigenvalue weighted by atomic mass is 9.70. The highest BCUT2D eigenvalue weighted by Gasteiger charge is 2.70. The maximum Gasteiger partial charge on any atom is 0.233 e. The van der Waals surface area contributed by atoms with Gasteiger partial charge in [0.05, 0.1) is 16.5 Å². The van der Waals surface area contributed by atoms with Gasteiger partial charge >= 0.3 is 0 Å². The first-order chi connectivity index (χ1) is 7.68. The molecule has 0 spiro atoms. The summed E-state index contributed by atoms with van der Waals surface area (Å²) < 4.78 is 22.8. The van der Waals surface area contributed by atoms with Gasteiger partial charge in [-0.2, -0.15) is 0 Å². The molecule has 2 rings (SSSR count). The van der Waals surface area contributed by atoms with E-state index >= 15 is 0 Å². The summed E-state index contributed by atoms with van der Waals surface area (Å²) in [6, 6.07) is 0. The molecule has 2 fully saturated rings. The molecule has 7 heteroatoms. The number of rotatable bonds is 3. The number of fused-ring (bicyclic) bond motifs is 2. The van der Waals surface area contributed by atoms with Crippen molar-refractivity contribution < 1.29 is 13.2 Å². The van der Waals surface area contributed by atoms with Crippen molar-refractivity contribution in [3.63, 3.8) is 0 Å². The smallest absolute Gasteiger partial charge is 0.233 e. The Morgan fingerprint density at radius 1 is 1.53 bits per heavy atom. The van der Waals surface area contributed by atoms with E-state index in [1.165, 1.54) is 0 Å². The Balaban J connectivity index is 2.52. The maximum atomic E-state index is 12.3. The van der Waals surface area contributed by atoms with Crippen molar-refractivity contribution in [1.82, 2.24) is 0 Å². The first-order valence-corrected chi connectivity index (χ1v) is 9.38. The molecule has 2 saturated carbocycles. The fourth-order valence-electron chi connectivity index (χ4n) is 3.51. The second-order valence-corrected chi connectivity index (χ2v) is 9.04. The molecule has 2 aliphatic rings. The van der Waals surface area contributed by atoms with E-state index in [0.29, 0.717) is 11.8 Å². The average molecular weight is 364 g/mol. The van der Waals surface area contributed by atoms with E-state index in [-0.39, 0.29) is 17.5 Å². The monoisotopic (exact) mass is 362 g/mol. The van der Waals surface area contributed by atoms with E-state index in [9.17, 15) is 13.2 Å². The van der Waals surface area contributed by atoms with Crippen LogP contribution in [-0.4, -0.2) is 30.7 Å². The molecule has 17 heavy (non-hydrogen) atoms. The van der Waals surface area contributed by atoms with Gasteiger partial charge in [0.25, 0.3) is 0 Å². The zero-order valence-electron chi connectivity index (χ0n) is 9.25. The predicted molar refractivity (Wildman–Crippen MR) is 71.3 cm³/mol. The number of ketones is 1. The molecule has 2 aliphatic carbocycles. The molecule has 0 saturated heterocycles. The van der Waals surface area contributed by atoms with Crippen molar-refractivity contribution >= 4 is 53.0 Å². The molecule has 0 heterocycles. The van der Waals surface area contributed by atoms with Crippen LogP contribution in [0.1, 0.15) is 19.8 Å². The number of carbonyl (C=O) groups excluding carboxylic acids is 1. The summed E-state index contributed by atoms with van der Waals surface area (Å²) in [7, 11) is 1.64. The first-order valence-electron chi connectivity index (χ1n) is 5.35.